The number of anilines is 2. The Kier molecular flexibility index (Phi) is 5.79. The van der Waals surface area contributed by atoms with E-state index in [-0.39, 0.29) is 35.6 Å². The summed E-state index contributed by atoms with van der Waals surface area (Å²) in [5.74, 6) is 5.21. The number of nitro groups is 1. The maximum atomic E-state index is 11.6. The van der Waals surface area contributed by atoms with E-state index in [9.17, 15) is 14.9 Å². The number of carbonyl (C=O) groups is 1. The molecule has 1 aromatic rings. The molecule has 0 aliphatic heterocycles. The van der Waals surface area contributed by atoms with Crippen LogP contribution in [0.1, 0.15) is 19.5 Å². The highest BCUT2D eigenvalue weighted by Gasteiger charge is 2.22. The van der Waals surface area contributed by atoms with E-state index < -0.39 is 4.92 Å². The van der Waals surface area contributed by atoms with Crippen molar-refractivity contribution < 1.29 is 9.72 Å². The fourth-order valence-corrected chi connectivity index (χ4v) is 1.52. The van der Waals surface area contributed by atoms with Crippen molar-refractivity contribution in [3.05, 3.63) is 15.8 Å². The minimum Gasteiger partial charge on any atom is -0.355 e. The Bertz CT molecular complexity index is 533. The zero-order chi connectivity index (χ0) is 16.0. The second kappa shape index (κ2) is 7.33. The second-order valence-electron chi connectivity index (χ2n) is 4.78. The molecule has 5 N–H and O–H groups in total. The summed E-state index contributed by atoms with van der Waals surface area (Å²) in [6.07, 6.45) is 0. The van der Waals surface area contributed by atoms with Crippen LogP contribution in [0.5, 0.6) is 0 Å². The van der Waals surface area contributed by atoms with Crippen LogP contribution in [0.25, 0.3) is 0 Å². The number of nitrogens with two attached hydrogens (primary N) is 1. The highest BCUT2D eigenvalue weighted by Crippen LogP contribution is 2.25. The van der Waals surface area contributed by atoms with Gasteiger partial charge in [-0.2, -0.15) is 4.98 Å². The third-order valence-corrected chi connectivity index (χ3v) is 2.49. The van der Waals surface area contributed by atoms with E-state index in [4.69, 9.17) is 5.84 Å². The van der Waals surface area contributed by atoms with E-state index in [0.717, 1.165) is 0 Å². The maximum Gasteiger partial charge on any atom is 0.332 e. The zero-order valence-electron chi connectivity index (χ0n) is 12.1. The number of amides is 1. The van der Waals surface area contributed by atoms with Gasteiger partial charge >= 0.3 is 5.69 Å². The molecule has 1 aromatic heterocycles. The molecule has 1 heterocycles. The molecule has 0 aromatic carbocycles. The van der Waals surface area contributed by atoms with Crippen LogP contribution in [0, 0.1) is 23.0 Å². The third-order valence-electron chi connectivity index (χ3n) is 2.49. The van der Waals surface area contributed by atoms with E-state index in [1.165, 1.54) is 6.92 Å². The number of nitrogen functional groups attached to an aromatic ring is 1. The van der Waals surface area contributed by atoms with E-state index in [2.05, 4.69) is 26.0 Å². The number of nitrogens with zero attached hydrogens (tertiary/aromatic N) is 3. The first-order chi connectivity index (χ1) is 9.85. The Morgan fingerprint density at radius 2 is 2.10 bits per heavy atom. The number of hydrazine groups is 1. The molecule has 10 heteroatoms. The SMILES string of the molecule is Cc1nc(NN)nc(NCC(=O)NCC(C)C)c1[N+](=O)[O-]. The molecule has 0 aliphatic carbocycles. The first-order valence-corrected chi connectivity index (χ1v) is 6.35. The van der Waals surface area contributed by atoms with Crippen molar-refractivity contribution in [3.8, 4) is 0 Å². The van der Waals surface area contributed by atoms with Crippen LogP contribution in [-0.2, 0) is 4.79 Å². The molecule has 0 saturated heterocycles. The number of hydrogen-bond acceptors (Lipinski definition) is 8. The smallest absolute Gasteiger partial charge is 0.332 e. The lowest BCUT2D eigenvalue weighted by Crippen LogP contribution is -2.32. The molecule has 116 valence electrons. The lowest BCUT2D eigenvalue weighted by molar-refractivity contribution is -0.385. The van der Waals surface area contributed by atoms with E-state index in [0.29, 0.717) is 12.5 Å². The lowest BCUT2D eigenvalue weighted by Gasteiger charge is -2.10. The number of aromatic nitrogens is 2. The van der Waals surface area contributed by atoms with Gasteiger partial charge in [0.2, 0.25) is 17.7 Å². The molecule has 0 bridgehead atoms. The van der Waals surface area contributed by atoms with Crippen LogP contribution < -0.4 is 21.9 Å². The summed E-state index contributed by atoms with van der Waals surface area (Å²) in [5.41, 5.74) is 2.08. The van der Waals surface area contributed by atoms with Gasteiger partial charge in [-0.1, -0.05) is 13.8 Å². The maximum absolute atomic E-state index is 11.6. The summed E-state index contributed by atoms with van der Waals surface area (Å²) in [4.78, 5) is 29.7. The van der Waals surface area contributed by atoms with Crippen molar-refractivity contribution >= 4 is 23.4 Å². The minimum atomic E-state index is -0.607. The quantitative estimate of drug-likeness (QED) is 0.316. The van der Waals surface area contributed by atoms with Crippen LogP contribution in [-0.4, -0.2) is 33.9 Å². The zero-order valence-corrected chi connectivity index (χ0v) is 12.1. The molecule has 0 radical (unpaired) electrons. The minimum absolute atomic E-state index is 0.0307. The van der Waals surface area contributed by atoms with Crippen molar-refractivity contribution in [2.24, 2.45) is 11.8 Å². The summed E-state index contributed by atoms with van der Waals surface area (Å²) in [6.45, 7) is 5.79. The van der Waals surface area contributed by atoms with Gasteiger partial charge in [-0.3, -0.25) is 20.3 Å². The van der Waals surface area contributed by atoms with Crippen LogP contribution in [0.3, 0.4) is 0 Å². The molecular weight excluding hydrogens is 278 g/mol. The highest BCUT2D eigenvalue weighted by atomic mass is 16.6. The van der Waals surface area contributed by atoms with Gasteiger partial charge in [0.1, 0.15) is 5.69 Å². The standard InChI is InChI=1S/C11H19N7O3/c1-6(2)4-13-8(19)5-14-10-9(18(20)21)7(3)15-11(16-10)17-12/h6H,4-5,12H2,1-3H3,(H,13,19)(H2,14,15,16,17). The Morgan fingerprint density at radius 1 is 1.43 bits per heavy atom. The van der Waals surface area contributed by atoms with Crippen molar-refractivity contribution in [1.29, 1.82) is 0 Å². The molecule has 0 unspecified atom stereocenters. The predicted molar refractivity (Wildman–Crippen MR) is 77.6 cm³/mol. The topological polar surface area (TPSA) is 148 Å². The van der Waals surface area contributed by atoms with Gasteiger partial charge in [0.05, 0.1) is 11.5 Å². The number of nitrogens with one attached hydrogen (secondary N) is 3. The van der Waals surface area contributed by atoms with Gasteiger partial charge in [-0.25, -0.2) is 10.8 Å². The lowest BCUT2D eigenvalue weighted by atomic mass is 10.2. The van der Waals surface area contributed by atoms with Crippen molar-refractivity contribution in [2.45, 2.75) is 20.8 Å². The number of rotatable bonds is 7. The fraction of sp³-hybridized carbons (Fsp3) is 0.545. The summed E-state index contributed by atoms with van der Waals surface area (Å²) < 4.78 is 0. The molecule has 0 fully saturated rings. The normalized spacial score (nSPS) is 10.3. The molecule has 21 heavy (non-hydrogen) atoms. The summed E-state index contributed by atoms with van der Waals surface area (Å²) in [5, 5.41) is 16.4. The molecule has 0 spiro atoms. The van der Waals surface area contributed by atoms with Gasteiger partial charge in [0.25, 0.3) is 0 Å². The molecule has 0 saturated carbocycles. The second-order valence-corrected chi connectivity index (χ2v) is 4.78. The van der Waals surface area contributed by atoms with Crippen molar-refractivity contribution in [1.82, 2.24) is 15.3 Å². The molecule has 1 rings (SSSR count). The van der Waals surface area contributed by atoms with Gasteiger partial charge in [-0.05, 0) is 12.8 Å². The molecule has 0 atom stereocenters. The van der Waals surface area contributed by atoms with E-state index >= 15 is 0 Å². The van der Waals surface area contributed by atoms with Gasteiger partial charge < -0.3 is 10.6 Å². The monoisotopic (exact) mass is 297 g/mol. The van der Waals surface area contributed by atoms with E-state index in [1.807, 2.05) is 13.8 Å². The Hall–Kier alpha value is -2.49. The highest BCUT2D eigenvalue weighted by molar-refractivity contribution is 5.81. The first-order valence-electron chi connectivity index (χ1n) is 6.35. The van der Waals surface area contributed by atoms with E-state index in [1.54, 1.807) is 0 Å². The van der Waals surface area contributed by atoms with Gasteiger partial charge in [0.15, 0.2) is 0 Å². The van der Waals surface area contributed by atoms with Crippen LogP contribution >= 0.6 is 0 Å². The molecule has 0 aliphatic rings. The summed E-state index contributed by atoms with van der Waals surface area (Å²) in [6, 6.07) is 0. The number of carbonyl (C=O) groups excluding carboxylic acids is 1. The largest absolute Gasteiger partial charge is 0.355 e. The Morgan fingerprint density at radius 3 is 2.62 bits per heavy atom. The number of hydrogen-bond donors (Lipinski definition) is 4. The number of aryl methyl sites for hydroxylation is 1. The van der Waals surface area contributed by atoms with Crippen molar-refractivity contribution in [2.75, 3.05) is 23.8 Å². The third kappa shape index (κ3) is 4.84. The van der Waals surface area contributed by atoms with Crippen LogP contribution in [0.4, 0.5) is 17.5 Å². The average molecular weight is 297 g/mol. The Labute approximate surface area is 121 Å². The van der Waals surface area contributed by atoms with Gasteiger partial charge in [-0.15, -0.1) is 0 Å². The summed E-state index contributed by atoms with van der Waals surface area (Å²) >= 11 is 0. The van der Waals surface area contributed by atoms with Crippen molar-refractivity contribution in [3.63, 3.8) is 0 Å². The van der Waals surface area contributed by atoms with Crippen LogP contribution in [0.2, 0.25) is 0 Å². The Balaban J connectivity index is 2.84. The first kappa shape index (κ1) is 16.6. The van der Waals surface area contributed by atoms with Crippen LogP contribution in [0.15, 0.2) is 0 Å². The molecule has 1 amide bonds. The summed E-state index contributed by atoms with van der Waals surface area (Å²) in [7, 11) is 0. The predicted octanol–water partition coefficient (Wildman–Crippen LogP) is 0.163. The molecular formula is C11H19N7O3. The average Bonchev–Trinajstić information content (AvgIpc) is 2.41. The molecule has 10 nitrogen and oxygen atoms in total. The van der Waals surface area contributed by atoms with Gasteiger partial charge in [0, 0.05) is 6.54 Å². The fourth-order valence-electron chi connectivity index (χ4n) is 1.52.